The van der Waals surface area contributed by atoms with Crippen molar-refractivity contribution in [3.63, 3.8) is 0 Å². The molecule has 1 aliphatic carbocycles. The predicted octanol–water partition coefficient (Wildman–Crippen LogP) is 3.98. The van der Waals surface area contributed by atoms with E-state index in [0.29, 0.717) is 0 Å². The Labute approximate surface area is 104 Å². The maximum absolute atomic E-state index is 3.57. The van der Waals surface area contributed by atoms with E-state index >= 15 is 0 Å². The van der Waals surface area contributed by atoms with E-state index in [1.165, 1.54) is 54.4 Å². The normalized spacial score (nSPS) is 15.8. The van der Waals surface area contributed by atoms with E-state index in [9.17, 15) is 0 Å². The first-order valence-corrected chi connectivity index (χ1v) is 7.49. The third-order valence-corrected chi connectivity index (χ3v) is 4.77. The van der Waals surface area contributed by atoms with E-state index in [2.05, 4.69) is 32.7 Å². The lowest BCUT2D eigenvalue weighted by Gasteiger charge is -2.02. The van der Waals surface area contributed by atoms with Crippen molar-refractivity contribution in [2.45, 2.75) is 44.6 Å². The summed E-state index contributed by atoms with van der Waals surface area (Å²) < 4.78 is 1.30. The van der Waals surface area contributed by atoms with E-state index in [0.717, 1.165) is 6.04 Å². The molecule has 1 N–H and O–H groups in total. The van der Waals surface area contributed by atoms with Crippen molar-refractivity contribution in [1.82, 2.24) is 5.32 Å². The summed E-state index contributed by atoms with van der Waals surface area (Å²) in [6, 6.07) is 3.02. The summed E-state index contributed by atoms with van der Waals surface area (Å²) in [5, 5.41) is 5.72. The van der Waals surface area contributed by atoms with Crippen LogP contribution in [-0.2, 0) is 6.42 Å². The molecule has 0 amide bonds. The van der Waals surface area contributed by atoms with Crippen LogP contribution in [0.25, 0.3) is 0 Å². The lowest BCUT2D eigenvalue weighted by atomic mass is 10.2. The van der Waals surface area contributed by atoms with Gasteiger partial charge in [-0.15, -0.1) is 11.3 Å². The maximum atomic E-state index is 3.57. The lowest BCUT2D eigenvalue weighted by Crippen LogP contribution is -2.17. The number of aryl methyl sites for hydroxylation is 1. The average molecular weight is 288 g/mol. The van der Waals surface area contributed by atoms with Gasteiger partial charge in [0, 0.05) is 15.4 Å². The summed E-state index contributed by atoms with van der Waals surface area (Å²) in [6.45, 7) is 1.22. The van der Waals surface area contributed by atoms with Crippen LogP contribution in [0.1, 0.15) is 37.0 Å². The fourth-order valence-electron chi connectivity index (χ4n) is 1.68. The Kier molecular flexibility index (Phi) is 4.66. The first kappa shape index (κ1) is 11.6. The highest BCUT2D eigenvalue weighted by Crippen LogP contribution is 2.24. The van der Waals surface area contributed by atoms with Gasteiger partial charge in [0.1, 0.15) is 0 Å². The Balaban J connectivity index is 1.49. The van der Waals surface area contributed by atoms with Crippen molar-refractivity contribution in [2.75, 3.05) is 6.54 Å². The summed E-state index contributed by atoms with van der Waals surface area (Å²) in [6.07, 6.45) is 8.06. The minimum Gasteiger partial charge on any atom is -0.314 e. The molecule has 1 saturated carbocycles. The zero-order valence-corrected chi connectivity index (χ0v) is 11.4. The molecule has 0 radical (unpaired) electrons. The molecule has 84 valence electrons. The van der Waals surface area contributed by atoms with Gasteiger partial charge in [0.2, 0.25) is 0 Å². The molecule has 0 aliphatic heterocycles. The van der Waals surface area contributed by atoms with Crippen LogP contribution >= 0.6 is 27.3 Å². The van der Waals surface area contributed by atoms with Crippen LogP contribution in [-0.4, -0.2) is 12.6 Å². The molecule has 0 spiro atoms. The third kappa shape index (κ3) is 4.25. The van der Waals surface area contributed by atoms with E-state index in [1.807, 2.05) is 11.3 Å². The van der Waals surface area contributed by atoms with Crippen LogP contribution in [0.5, 0.6) is 0 Å². The minimum atomic E-state index is 0.872. The summed E-state index contributed by atoms with van der Waals surface area (Å²) in [4.78, 5) is 1.50. The number of halogens is 1. The Bertz CT molecular complexity index is 294. The number of unbranched alkanes of at least 4 members (excludes halogenated alkanes) is 2. The van der Waals surface area contributed by atoms with Gasteiger partial charge in [-0.1, -0.05) is 6.42 Å². The van der Waals surface area contributed by atoms with Gasteiger partial charge in [-0.05, 0) is 66.0 Å². The maximum Gasteiger partial charge on any atom is 0.0314 e. The van der Waals surface area contributed by atoms with E-state index < -0.39 is 0 Å². The molecular formula is C12H18BrNS. The predicted molar refractivity (Wildman–Crippen MR) is 70.6 cm³/mol. The smallest absolute Gasteiger partial charge is 0.0314 e. The highest BCUT2D eigenvalue weighted by molar-refractivity contribution is 9.10. The highest BCUT2D eigenvalue weighted by atomic mass is 79.9. The molecule has 0 bridgehead atoms. The minimum absolute atomic E-state index is 0.872. The van der Waals surface area contributed by atoms with Gasteiger partial charge in [-0.25, -0.2) is 0 Å². The van der Waals surface area contributed by atoms with Crippen LogP contribution in [0.3, 0.4) is 0 Å². The molecule has 1 fully saturated rings. The van der Waals surface area contributed by atoms with Gasteiger partial charge in [0.25, 0.3) is 0 Å². The van der Waals surface area contributed by atoms with Crippen LogP contribution in [0.4, 0.5) is 0 Å². The van der Waals surface area contributed by atoms with Gasteiger partial charge in [0.05, 0.1) is 0 Å². The molecule has 1 aromatic heterocycles. The number of rotatable bonds is 7. The SMILES string of the molecule is Brc1ccsc1CCCCCNC1CC1. The number of thiophene rings is 1. The van der Waals surface area contributed by atoms with E-state index in [4.69, 9.17) is 0 Å². The highest BCUT2D eigenvalue weighted by Gasteiger charge is 2.19. The van der Waals surface area contributed by atoms with Crippen molar-refractivity contribution < 1.29 is 0 Å². The molecule has 0 aromatic carbocycles. The molecule has 1 aliphatic rings. The fraction of sp³-hybridized carbons (Fsp3) is 0.667. The van der Waals surface area contributed by atoms with Crippen LogP contribution in [0.15, 0.2) is 15.9 Å². The van der Waals surface area contributed by atoms with Gasteiger partial charge >= 0.3 is 0 Å². The van der Waals surface area contributed by atoms with E-state index in [-0.39, 0.29) is 0 Å². The van der Waals surface area contributed by atoms with Crippen LogP contribution < -0.4 is 5.32 Å². The third-order valence-electron chi connectivity index (χ3n) is 2.78. The molecular weight excluding hydrogens is 270 g/mol. The Morgan fingerprint density at radius 2 is 2.20 bits per heavy atom. The van der Waals surface area contributed by atoms with E-state index in [1.54, 1.807) is 0 Å². The summed E-state index contributed by atoms with van der Waals surface area (Å²) in [5.74, 6) is 0. The molecule has 0 saturated heterocycles. The standard InChI is InChI=1S/C12H18BrNS/c13-11-7-9-15-12(11)4-2-1-3-8-14-10-5-6-10/h7,9-10,14H,1-6,8H2. The topological polar surface area (TPSA) is 12.0 Å². The zero-order valence-electron chi connectivity index (χ0n) is 8.97. The molecule has 2 rings (SSSR count). The second kappa shape index (κ2) is 6.02. The Morgan fingerprint density at radius 3 is 2.87 bits per heavy atom. The van der Waals surface area contributed by atoms with Crippen LogP contribution in [0, 0.1) is 0 Å². The van der Waals surface area contributed by atoms with Crippen molar-refractivity contribution in [1.29, 1.82) is 0 Å². The zero-order chi connectivity index (χ0) is 10.5. The molecule has 3 heteroatoms. The monoisotopic (exact) mass is 287 g/mol. The van der Waals surface area contributed by atoms with Gasteiger partial charge in [-0.2, -0.15) is 0 Å². The van der Waals surface area contributed by atoms with Crippen molar-refractivity contribution in [2.24, 2.45) is 0 Å². The quantitative estimate of drug-likeness (QED) is 0.748. The Morgan fingerprint density at radius 1 is 1.33 bits per heavy atom. The molecule has 0 unspecified atom stereocenters. The molecule has 15 heavy (non-hydrogen) atoms. The van der Waals surface area contributed by atoms with Gasteiger partial charge < -0.3 is 5.32 Å². The molecule has 1 aromatic rings. The molecule has 1 heterocycles. The van der Waals surface area contributed by atoms with Crippen molar-refractivity contribution in [3.05, 3.63) is 20.8 Å². The van der Waals surface area contributed by atoms with Crippen molar-refractivity contribution >= 4 is 27.3 Å². The summed E-state index contributed by atoms with van der Waals surface area (Å²) in [5.41, 5.74) is 0. The van der Waals surface area contributed by atoms with Crippen LogP contribution in [0.2, 0.25) is 0 Å². The summed E-state index contributed by atoms with van der Waals surface area (Å²) in [7, 11) is 0. The average Bonchev–Trinajstić information content (AvgIpc) is 2.96. The first-order valence-electron chi connectivity index (χ1n) is 5.81. The number of nitrogens with one attached hydrogen (secondary N) is 1. The Hall–Kier alpha value is 0.140. The first-order chi connectivity index (χ1) is 7.36. The molecule has 1 nitrogen and oxygen atoms in total. The second-order valence-electron chi connectivity index (χ2n) is 4.23. The van der Waals surface area contributed by atoms with Crippen molar-refractivity contribution in [3.8, 4) is 0 Å². The molecule has 0 atom stereocenters. The second-order valence-corrected chi connectivity index (χ2v) is 6.09. The number of hydrogen-bond donors (Lipinski definition) is 1. The lowest BCUT2D eigenvalue weighted by molar-refractivity contribution is 0.601. The fourth-order valence-corrected chi connectivity index (χ4v) is 3.28. The van der Waals surface area contributed by atoms with Gasteiger partial charge in [0.15, 0.2) is 0 Å². The largest absolute Gasteiger partial charge is 0.314 e. The number of hydrogen-bond acceptors (Lipinski definition) is 2. The summed E-state index contributed by atoms with van der Waals surface area (Å²) >= 11 is 5.44. The van der Waals surface area contributed by atoms with Gasteiger partial charge in [-0.3, -0.25) is 0 Å².